The van der Waals surface area contributed by atoms with Crippen molar-refractivity contribution in [2.75, 3.05) is 13.7 Å². The van der Waals surface area contributed by atoms with Crippen LogP contribution < -0.4 is 9.47 Å². The van der Waals surface area contributed by atoms with Gasteiger partial charge in [0.2, 0.25) is 0 Å². The highest BCUT2D eigenvalue weighted by atomic mass is 19.1. The number of benzene rings is 2. The number of nitrogens with zero attached hydrogens (tertiary/aromatic N) is 1. The fourth-order valence-corrected chi connectivity index (χ4v) is 2.97. The monoisotopic (exact) mass is 407 g/mol. The van der Waals surface area contributed by atoms with Crippen molar-refractivity contribution in [3.05, 3.63) is 77.7 Å². The van der Waals surface area contributed by atoms with Crippen molar-refractivity contribution in [1.82, 2.24) is 4.98 Å². The molecule has 0 atom stereocenters. The Morgan fingerprint density at radius 3 is 2.57 bits per heavy atom. The summed E-state index contributed by atoms with van der Waals surface area (Å²) in [7, 11) is 1.35. The standard InChI is InChI=1S/C24H22FNO4/c1-28-24(27)18-9-7-17(8-10-18)14-29-20-4-2-3-19(11-20)23-22(25)12-21(13-26-23)30-15-16-5-6-16/h2-4,7-13,16H,5-6,14-15H2,1H3. The lowest BCUT2D eigenvalue weighted by atomic mass is 10.1. The average molecular weight is 407 g/mol. The second-order valence-corrected chi connectivity index (χ2v) is 7.26. The zero-order valence-electron chi connectivity index (χ0n) is 16.6. The van der Waals surface area contributed by atoms with Crippen molar-refractivity contribution in [3.63, 3.8) is 0 Å². The normalized spacial score (nSPS) is 13.0. The fourth-order valence-electron chi connectivity index (χ4n) is 2.97. The highest BCUT2D eigenvalue weighted by molar-refractivity contribution is 5.89. The first-order valence-electron chi connectivity index (χ1n) is 9.81. The third kappa shape index (κ3) is 4.95. The average Bonchev–Trinajstić information content (AvgIpc) is 3.61. The summed E-state index contributed by atoms with van der Waals surface area (Å²) in [5.41, 5.74) is 2.25. The van der Waals surface area contributed by atoms with Crippen LogP contribution in [0.4, 0.5) is 4.39 Å². The number of aromatic nitrogens is 1. The van der Waals surface area contributed by atoms with E-state index in [1.807, 2.05) is 0 Å². The molecule has 5 nitrogen and oxygen atoms in total. The Balaban J connectivity index is 1.41. The second-order valence-electron chi connectivity index (χ2n) is 7.26. The maximum absolute atomic E-state index is 14.6. The molecule has 1 fully saturated rings. The number of pyridine rings is 1. The van der Waals surface area contributed by atoms with Gasteiger partial charge in [0.15, 0.2) is 5.82 Å². The lowest BCUT2D eigenvalue weighted by Gasteiger charge is -2.10. The fraction of sp³-hybridized carbons (Fsp3) is 0.250. The molecule has 0 bridgehead atoms. The van der Waals surface area contributed by atoms with Gasteiger partial charge < -0.3 is 14.2 Å². The minimum Gasteiger partial charge on any atom is -0.492 e. The summed E-state index contributed by atoms with van der Waals surface area (Å²) in [4.78, 5) is 15.7. The number of halogens is 1. The Bertz CT molecular complexity index is 1030. The molecule has 1 heterocycles. The first-order chi connectivity index (χ1) is 14.6. The van der Waals surface area contributed by atoms with E-state index in [-0.39, 0.29) is 11.7 Å². The number of carbonyl (C=O) groups excluding carboxylic acids is 1. The van der Waals surface area contributed by atoms with Gasteiger partial charge in [-0.2, -0.15) is 0 Å². The molecule has 0 aliphatic heterocycles. The molecule has 1 aliphatic rings. The number of rotatable bonds is 8. The minimum absolute atomic E-state index is 0.252. The summed E-state index contributed by atoms with van der Waals surface area (Å²) in [6.07, 6.45) is 3.91. The highest BCUT2D eigenvalue weighted by Gasteiger charge is 2.22. The Kier molecular flexibility index (Phi) is 5.93. The number of methoxy groups -OCH3 is 1. The predicted octanol–water partition coefficient (Wildman–Crippen LogP) is 5.04. The number of hydrogen-bond acceptors (Lipinski definition) is 5. The van der Waals surface area contributed by atoms with Crippen LogP contribution in [-0.4, -0.2) is 24.7 Å². The van der Waals surface area contributed by atoms with Crippen LogP contribution in [0.2, 0.25) is 0 Å². The topological polar surface area (TPSA) is 57.7 Å². The number of esters is 1. The zero-order chi connectivity index (χ0) is 20.9. The molecule has 0 saturated heterocycles. The van der Waals surface area contributed by atoms with Gasteiger partial charge in [-0.1, -0.05) is 24.3 Å². The molecule has 0 unspecified atom stereocenters. The van der Waals surface area contributed by atoms with Crippen LogP contribution in [-0.2, 0) is 11.3 Å². The van der Waals surface area contributed by atoms with Crippen LogP contribution in [0.1, 0.15) is 28.8 Å². The van der Waals surface area contributed by atoms with E-state index in [4.69, 9.17) is 9.47 Å². The zero-order valence-corrected chi connectivity index (χ0v) is 16.6. The van der Waals surface area contributed by atoms with E-state index < -0.39 is 5.82 Å². The molecule has 2 aromatic carbocycles. The molecule has 30 heavy (non-hydrogen) atoms. The Morgan fingerprint density at radius 2 is 1.87 bits per heavy atom. The molecule has 0 spiro atoms. The minimum atomic E-state index is -0.432. The molecule has 4 rings (SSSR count). The summed E-state index contributed by atoms with van der Waals surface area (Å²) in [5, 5.41) is 0. The maximum Gasteiger partial charge on any atom is 0.337 e. The molecule has 1 aromatic heterocycles. The molecular formula is C24H22FNO4. The Morgan fingerprint density at radius 1 is 1.07 bits per heavy atom. The number of hydrogen-bond donors (Lipinski definition) is 0. The van der Waals surface area contributed by atoms with E-state index in [2.05, 4.69) is 9.72 Å². The molecule has 3 aromatic rings. The lowest BCUT2D eigenvalue weighted by molar-refractivity contribution is 0.0600. The molecule has 0 amide bonds. The van der Waals surface area contributed by atoms with Crippen molar-refractivity contribution < 1.29 is 23.4 Å². The smallest absolute Gasteiger partial charge is 0.337 e. The molecule has 1 aliphatic carbocycles. The van der Waals surface area contributed by atoms with E-state index in [0.717, 1.165) is 5.56 Å². The molecule has 154 valence electrons. The summed E-state index contributed by atoms with van der Waals surface area (Å²) in [6, 6.07) is 15.5. The van der Waals surface area contributed by atoms with Gasteiger partial charge in [0.1, 0.15) is 23.8 Å². The molecule has 0 radical (unpaired) electrons. The number of carbonyl (C=O) groups is 1. The summed E-state index contributed by atoms with van der Waals surface area (Å²) in [6.45, 7) is 0.930. The van der Waals surface area contributed by atoms with Gasteiger partial charge in [0.05, 0.1) is 25.5 Å². The third-order valence-corrected chi connectivity index (χ3v) is 4.89. The van der Waals surface area contributed by atoms with Gasteiger partial charge >= 0.3 is 5.97 Å². The van der Waals surface area contributed by atoms with Crippen LogP contribution in [0, 0.1) is 11.7 Å². The van der Waals surface area contributed by atoms with Crippen molar-refractivity contribution in [2.24, 2.45) is 5.92 Å². The van der Waals surface area contributed by atoms with Gasteiger partial charge in [-0.25, -0.2) is 14.2 Å². The highest BCUT2D eigenvalue weighted by Crippen LogP contribution is 2.31. The van der Waals surface area contributed by atoms with Crippen LogP contribution >= 0.6 is 0 Å². The van der Waals surface area contributed by atoms with Gasteiger partial charge in [0, 0.05) is 11.6 Å². The first kappa shape index (κ1) is 19.9. The molecule has 0 N–H and O–H groups in total. The predicted molar refractivity (Wildman–Crippen MR) is 110 cm³/mol. The summed E-state index contributed by atoms with van der Waals surface area (Å²) in [5.74, 6) is 0.830. The van der Waals surface area contributed by atoms with E-state index >= 15 is 0 Å². The Hall–Kier alpha value is -3.41. The van der Waals surface area contributed by atoms with Crippen LogP contribution in [0.5, 0.6) is 11.5 Å². The van der Waals surface area contributed by atoms with Gasteiger partial charge in [-0.15, -0.1) is 0 Å². The quantitative estimate of drug-likeness (QED) is 0.490. The summed E-state index contributed by atoms with van der Waals surface area (Å²) < 4.78 is 30.7. The van der Waals surface area contributed by atoms with Crippen LogP contribution in [0.3, 0.4) is 0 Å². The SMILES string of the molecule is COC(=O)c1ccc(COc2cccc(-c3ncc(OCC4CC4)cc3F)c2)cc1. The lowest BCUT2D eigenvalue weighted by Crippen LogP contribution is -2.02. The molecule has 1 saturated carbocycles. The van der Waals surface area contributed by atoms with Gasteiger partial charge in [-0.3, -0.25) is 0 Å². The first-order valence-corrected chi connectivity index (χ1v) is 9.81. The van der Waals surface area contributed by atoms with E-state index in [1.165, 1.54) is 26.0 Å². The third-order valence-electron chi connectivity index (χ3n) is 4.89. The molecule has 6 heteroatoms. The largest absolute Gasteiger partial charge is 0.492 e. The molecular weight excluding hydrogens is 385 g/mol. The van der Waals surface area contributed by atoms with Crippen molar-refractivity contribution >= 4 is 5.97 Å². The number of ether oxygens (including phenoxy) is 3. The summed E-state index contributed by atoms with van der Waals surface area (Å²) >= 11 is 0. The van der Waals surface area contributed by atoms with Gasteiger partial charge in [-0.05, 0) is 48.6 Å². The maximum atomic E-state index is 14.6. The van der Waals surface area contributed by atoms with Crippen molar-refractivity contribution in [1.29, 1.82) is 0 Å². The van der Waals surface area contributed by atoms with E-state index in [9.17, 15) is 9.18 Å². The van der Waals surface area contributed by atoms with Crippen LogP contribution in [0.15, 0.2) is 60.8 Å². The second kappa shape index (κ2) is 8.95. The van der Waals surface area contributed by atoms with E-state index in [0.29, 0.717) is 41.8 Å². The Labute approximate surface area is 174 Å². The van der Waals surface area contributed by atoms with Crippen molar-refractivity contribution in [2.45, 2.75) is 19.4 Å². The van der Waals surface area contributed by atoms with E-state index in [1.54, 1.807) is 54.7 Å². The van der Waals surface area contributed by atoms with Crippen LogP contribution in [0.25, 0.3) is 11.3 Å². The van der Waals surface area contributed by atoms with Crippen molar-refractivity contribution in [3.8, 4) is 22.8 Å². The van der Waals surface area contributed by atoms with Gasteiger partial charge in [0.25, 0.3) is 0 Å².